The number of carbonyl (C=O) groups excluding carboxylic acids is 1. The van der Waals surface area contributed by atoms with E-state index >= 15 is 0 Å². The van der Waals surface area contributed by atoms with E-state index in [2.05, 4.69) is 4.72 Å². The number of sulfonamides is 1. The first kappa shape index (κ1) is 19.6. The highest BCUT2D eigenvalue weighted by molar-refractivity contribution is 7.88. The van der Waals surface area contributed by atoms with Gasteiger partial charge in [-0.15, -0.1) is 0 Å². The first-order valence-corrected chi connectivity index (χ1v) is 11.9. The van der Waals surface area contributed by atoms with E-state index in [9.17, 15) is 22.0 Å². The van der Waals surface area contributed by atoms with Crippen LogP contribution in [0.3, 0.4) is 0 Å². The fourth-order valence-corrected chi connectivity index (χ4v) is 6.08. The molecule has 0 aromatic heterocycles. The van der Waals surface area contributed by atoms with Gasteiger partial charge in [-0.3, -0.25) is 4.79 Å². The van der Waals surface area contributed by atoms with E-state index < -0.39 is 27.2 Å². The third kappa shape index (κ3) is 3.32. The number of hydrogen-bond donors (Lipinski definition) is 1. The fraction of sp³-hybridized carbons (Fsp3) is 0.409. The largest absolute Gasteiger partial charge is 0.340 e. The summed E-state index contributed by atoms with van der Waals surface area (Å²) in [5.74, 6) is -1.44. The number of benzene rings is 2. The van der Waals surface area contributed by atoms with E-state index in [0.717, 1.165) is 18.2 Å². The zero-order chi connectivity index (χ0) is 21.3. The molecule has 30 heavy (non-hydrogen) atoms. The molecule has 2 saturated carbocycles. The highest BCUT2D eigenvalue weighted by Gasteiger charge is 2.63. The molecule has 2 aromatic carbocycles. The average molecular weight is 432 g/mol. The molecule has 0 spiro atoms. The maximum absolute atomic E-state index is 14.4. The minimum Gasteiger partial charge on any atom is -0.340 e. The van der Waals surface area contributed by atoms with E-state index in [0.29, 0.717) is 25.1 Å². The number of piperidine rings is 1. The summed E-state index contributed by atoms with van der Waals surface area (Å²) in [5.41, 5.74) is 0.674. The molecule has 1 aliphatic heterocycles. The van der Waals surface area contributed by atoms with E-state index in [4.69, 9.17) is 0 Å². The number of amides is 1. The summed E-state index contributed by atoms with van der Waals surface area (Å²) in [7, 11) is -3.34. The van der Waals surface area contributed by atoms with Gasteiger partial charge in [0.25, 0.3) is 0 Å². The predicted molar refractivity (Wildman–Crippen MR) is 108 cm³/mol. The molecule has 8 heteroatoms. The van der Waals surface area contributed by atoms with Crippen LogP contribution in [-0.4, -0.2) is 44.1 Å². The van der Waals surface area contributed by atoms with Crippen molar-refractivity contribution in [1.82, 2.24) is 9.62 Å². The smallest absolute Gasteiger partial charge is 0.226 e. The van der Waals surface area contributed by atoms with Crippen LogP contribution >= 0.6 is 0 Å². The standard InChI is InChI=1S/C22H22F2N2O3S/c1-30(28,29)25-22-10-13(22)11-26(12-22)21(27)17-9-16(17)14-5-2-3-6-15(14)20-18(23)7-4-8-19(20)24/h2-8,13,16-17,25H,9-12H2,1H3/t13-,16-,17+,22-/m0/s1. The summed E-state index contributed by atoms with van der Waals surface area (Å²) < 4.78 is 54.7. The molecule has 2 aliphatic carbocycles. The highest BCUT2D eigenvalue weighted by Crippen LogP contribution is 2.55. The lowest BCUT2D eigenvalue weighted by Crippen LogP contribution is -2.43. The highest BCUT2D eigenvalue weighted by atomic mass is 32.2. The Bertz CT molecular complexity index is 1130. The minimum absolute atomic E-state index is 0.00863. The van der Waals surface area contributed by atoms with Crippen LogP contribution in [0.25, 0.3) is 11.1 Å². The monoisotopic (exact) mass is 432 g/mol. The Morgan fingerprint density at radius 1 is 1.13 bits per heavy atom. The number of nitrogens with one attached hydrogen (secondary N) is 1. The average Bonchev–Trinajstić information content (AvgIpc) is 3.56. The fourth-order valence-electron chi connectivity index (χ4n) is 5.03. The maximum atomic E-state index is 14.4. The summed E-state index contributed by atoms with van der Waals surface area (Å²) in [4.78, 5) is 14.8. The van der Waals surface area contributed by atoms with E-state index in [1.807, 2.05) is 12.1 Å². The molecule has 1 N–H and O–H groups in total. The molecule has 5 rings (SSSR count). The summed E-state index contributed by atoms with van der Waals surface area (Å²) in [6.07, 6.45) is 2.52. The zero-order valence-corrected chi connectivity index (χ0v) is 17.3. The van der Waals surface area contributed by atoms with Crippen molar-refractivity contribution < 1.29 is 22.0 Å². The van der Waals surface area contributed by atoms with Crippen molar-refractivity contribution in [2.24, 2.45) is 11.8 Å². The minimum atomic E-state index is -3.34. The molecule has 158 valence electrons. The van der Waals surface area contributed by atoms with Gasteiger partial charge in [0.05, 0.1) is 17.4 Å². The van der Waals surface area contributed by atoms with Crippen LogP contribution in [0.15, 0.2) is 42.5 Å². The molecule has 0 bridgehead atoms. The molecule has 3 aliphatic rings. The first-order chi connectivity index (χ1) is 14.2. The third-order valence-corrected chi connectivity index (χ3v) is 7.32. The molecule has 5 nitrogen and oxygen atoms in total. The van der Waals surface area contributed by atoms with Crippen LogP contribution in [-0.2, 0) is 14.8 Å². The van der Waals surface area contributed by atoms with Crippen molar-refractivity contribution in [2.45, 2.75) is 24.3 Å². The molecule has 1 heterocycles. The second-order valence-corrected chi connectivity index (χ2v) is 10.5. The summed E-state index contributed by atoms with van der Waals surface area (Å²) in [6, 6.07) is 10.9. The number of carbonyl (C=O) groups is 1. The third-order valence-electron chi connectivity index (χ3n) is 6.55. The van der Waals surface area contributed by atoms with Gasteiger partial charge in [-0.2, -0.15) is 0 Å². The van der Waals surface area contributed by atoms with Crippen molar-refractivity contribution in [3.05, 3.63) is 59.7 Å². The Hall–Kier alpha value is -2.32. The van der Waals surface area contributed by atoms with Gasteiger partial charge in [0.2, 0.25) is 15.9 Å². The maximum Gasteiger partial charge on any atom is 0.226 e. The van der Waals surface area contributed by atoms with Gasteiger partial charge < -0.3 is 4.90 Å². The number of nitrogens with zero attached hydrogens (tertiary/aromatic N) is 1. The Morgan fingerprint density at radius 3 is 2.53 bits per heavy atom. The SMILES string of the molecule is CS(=O)(=O)N[C@]12C[C@H]1CN(C(=O)[C@@H]1C[C@H]1c1ccccc1-c1c(F)cccc1F)C2. The van der Waals surface area contributed by atoms with Crippen molar-refractivity contribution in [3.8, 4) is 11.1 Å². The van der Waals surface area contributed by atoms with Gasteiger partial charge >= 0.3 is 0 Å². The Labute approximate surface area is 174 Å². The molecular weight excluding hydrogens is 410 g/mol. The van der Waals surface area contributed by atoms with Crippen LogP contribution in [0.1, 0.15) is 24.3 Å². The van der Waals surface area contributed by atoms with Crippen LogP contribution < -0.4 is 4.72 Å². The van der Waals surface area contributed by atoms with Crippen LogP contribution in [0.4, 0.5) is 8.78 Å². The van der Waals surface area contributed by atoms with Crippen molar-refractivity contribution in [2.75, 3.05) is 19.3 Å². The van der Waals surface area contributed by atoms with Gasteiger partial charge in [-0.25, -0.2) is 21.9 Å². The number of fused-ring (bicyclic) bond motifs is 1. The van der Waals surface area contributed by atoms with Crippen LogP contribution in [0.2, 0.25) is 0 Å². The summed E-state index contributed by atoms with van der Waals surface area (Å²) in [6.45, 7) is 0.935. The second kappa shape index (κ2) is 6.59. The normalized spacial score (nSPS) is 29.6. The lowest BCUT2D eigenvalue weighted by Gasteiger charge is -2.21. The van der Waals surface area contributed by atoms with Crippen LogP contribution in [0.5, 0.6) is 0 Å². The Morgan fingerprint density at radius 2 is 1.83 bits per heavy atom. The number of halogens is 2. The first-order valence-electron chi connectivity index (χ1n) is 9.99. The van der Waals surface area contributed by atoms with E-state index in [1.165, 1.54) is 18.2 Å². The van der Waals surface area contributed by atoms with E-state index in [-0.39, 0.29) is 29.2 Å². The Balaban J connectivity index is 1.35. The number of likely N-dealkylation sites (tertiary alicyclic amines) is 1. The molecule has 0 radical (unpaired) electrons. The van der Waals surface area contributed by atoms with Gasteiger partial charge in [-0.05, 0) is 47.9 Å². The number of rotatable bonds is 5. The lowest BCUT2D eigenvalue weighted by atomic mass is 9.95. The van der Waals surface area contributed by atoms with Gasteiger partial charge in [0.1, 0.15) is 11.6 Å². The quantitative estimate of drug-likeness (QED) is 0.790. The van der Waals surface area contributed by atoms with Crippen molar-refractivity contribution in [3.63, 3.8) is 0 Å². The predicted octanol–water partition coefficient (Wildman–Crippen LogP) is 2.89. The molecule has 1 amide bonds. The number of hydrogen-bond acceptors (Lipinski definition) is 3. The lowest BCUT2D eigenvalue weighted by molar-refractivity contribution is -0.132. The van der Waals surface area contributed by atoms with E-state index in [1.54, 1.807) is 17.0 Å². The van der Waals surface area contributed by atoms with Crippen molar-refractivity contribution in [1.29, 1.82) is 0 Å². The second-order valence-electron chi connectivity index (χ2n) is 8.78. The molecule has 4 atom stereocenters. The van der Waals surface area contributed by atoms with Gasteiger partial charge in [-0.1, -0.05) is 30.3 Å². The topological polar surface area (TPSA) is 66.5 Å². The molecular formula is C22H22F2N2O3S. The van der Waals surface area contributed by atoms with Gasteiger partial charge in [0.15, 0.2) is 0 Å². The molecule has 0 unspecified atom stereocenters. The summed E-state index contributed by atoms with van der Waals surface area (Å²) in [5, 5.41) is 0. The molecule has 3 fully saturated rings. The molecule has 1 saturated heterocycles. The summed E-state index contributed by atoms with van der Waals surface area (Å²) >= 11 is 0. The molecule has 2 aromatic rings. The Kier molecular flexibility index (Phi) is 4.31. The van der Waals surface area contributed by atoms with Gasteiger partial charge in [0, 0.05) is 19.0 Å². The zero-order valence-electron chi connectivity index (χ0n) is 16.4. The van der Waals surface area contributed by atoms with Crippen molar-refractivity contribution >= 4 is 15.9 Å². The van der Waals surface area contributed by atoms with Crippen LogP contribution in [0, 0.1) is 23.5 Å².